The van der Waals surface area contributed by atoms with E-state index in [4.69, 9.17) is 9.15 Å². The second-order valence-electron chi connectivity index (χ2n) is 7.74. The van der Waals surface area contributed by atoms with Crippen molar-refractivity contribution < 1.29 is 19.1 Å². The minimum Gasteiger partial charge on any atom is -0.508 e. The molecule has 1 aliphatic heterocycles. The minimum absolute atomic E-state index is 0.101. The SMILES string of the molecule is COC(=O)[C@@H]1C[C@@H]2CCCC[C@@H]2N1Cc1cc(=O)oc2c(C)c(O)ccc12. The fourth-order valence-corrected chi connectivity index (χ4v) is 4.89. The molecule has 1 aromatic carbocycles. The standard InChI is InChI=1S/C21H25NO5/c1-12-18(23)8-7-15-14(10-19(24)27-20(12)15)11-22-16-6-4-3-5-13(16)9-17(22)21(25)26-2/h7-8,10,13,16-17,23H,3-6,9,11H2,1-2H3/t13-,16-,17-/m0/s1. The van der Waals surface area contributed by atoms with E-state index >= 15 is 0 Å². The molecule has 27 heavy (non-hydrogen) atoms. The molecule has 3 atom stereocenters. The van der Waals surface area contributed by atoms with Gasteiger partial charge in [-0.2, -0.15) is 0 Å². The number of benzene rings is 1. The lowest BCUT2D eigenvalue weighted by molar-refractivity contribution is -0.146. The summed E-state index contributed by atoms with van der Waals surface area (Å²) in [5.74, 6) is 0.397. The van der Waals surface area contributed by atoms with Gasteiger partial charge in [-0.25, -0.2) is 4.79 Å². The maximum atomic E-state index is 12.4. The third kappa shape index (κ3) is 3.12. The summed E-state index contributed by atoms with van der Waals surface area (Å²) in [7, 11) is 1.43. The van der Waals surface area contributed by atoms with Crippen LogP contribution >= 0.6 is 0 Å². The summed E-state index contributed by atoms with van der Waals surface area (Å²) in [6, 6.07) is 4.96. The number of rotatable bonds is 3. The lowest BCUT2D eigenvalue weighted by Gasteiger charge is -2.33. The highest BCUT2D eigenvalue weighted by Crippen LogP contribution is 2.41. The maximum Gasteiger partial charge on any atom is 0.336 e. The molecule has 144 valence electrons. The van der Waals surface area contributed by atoms with Crippen molar-refractivity contribution in [1.29, 1.82) is 0 Å². The predicted octanol–water partition coefficient (Wildman–Crippen LogP) is 3.11. The van der Waals surface area contributed by atoms with Crippen molar-refractivity contribution in [2.45, 2.75) is 57.7 Å². The van der Waals surface area contributed by atoms with E-state index in [-0.39, 0.29) is 17.8 Å². The van der Waals surface area contributed by atoms with E-state index in [2.05, 4.69) is 4.90 Å². The minimum atomic E-state index is -0.444. The van der Waals surface area contributed by atoms with E-state index in [1.807, 2.05) is 0 Å². The van der Waals surface area contributed by atoms with E-state index in [1.165, 1.54) is 19.6 Å². The second kappa shape index (κ2) is 7.00. The van der Waals surface area contributed by atoms with Crippen LogP contribution in [0.4, 0.5) is 0 Å². The first-order chi connectivity index (χ1) is 13.0. The normalized spacial score (nSPS) is 25.5. The average Bonchev–Trinajstić information content (AvgIpc) is 3.03. The van der Waals surface area contributed by atoms with Gasteiger partial charge in [0.15, 0.2) is 0 Å². The Morgan fingerprint density at radius 2 is 2.11 bits per heavy atom. The van der Waals surface area contributed by atoms with Gasteiger partial charge in [0.2, 0.25) is 0 Å². The van der Waals surface area contributed by atoms with Crippen molar-refractivity contribution in [3.63, 3.8) is 0 Å². The largest absolute Gasteiger partial charge is 0.508 e. The van der Waals surface area contributed by atoms with E-state index < -0.39 is 5.63 Å². The van der Waals surface area contributed by atoms with Crippen molar-refractivity contribution in [2.24, 2.45) is 5.92 Å². The lowest BCUT2D eigenvalue weighted by Crippen LogP contribution is -2.42. The number of phenols is 1. The number of hydrogen-bond donors (Lipinski definition) is 1. The number of esters is 1. The molecule has 0 spiro atoms. The van der Waals surface area contributed by atoms with Gasteiger partial charge in [-0.15, -0.1) is 0 Å². The molecule has 1 N–H and O–H groups in total. The summed E-state index contributed by atoms with van der Waals surface area (Å²) >= 11 is 0. The molecule has 2 heterocycles. The van der Waals surface area contributed by atoms with Gasteiger partial charge in [-0.3, -0.25) is 9.69 Å². The molecule has 0 radical (unpaired) electrons. The Morgan fingerprint density at radius 1 is 1.33 bits per heavy atom. The number of phenolic OH excluding ortho intramolecular Hbond substituents is 1. The quantitative estimate of drug-likeness (QED) is 0.660. The zero-order valence-corrected chi connectivity index (χ0v) is 15.7. The van der Waals surface area contributed by atoms with Crippen molar-refractivity contribution in [3.8, 4) is 5.75 Å². The number of carbonyl (C=O) groups is 1. The number of carbonyl (C=O) groups excluding carboxylic acids is 1. The molecule has 6 nitrogen and oxygen atoms in total. The van der Waals surface area contributed by atoms with Gasteiger partial charge in [0.1, 0.15) is 17.4 Å². The number of aryl methyl sites for hydroxylation is 1. The maximum absolute atomic E-state index is 12.4. The highest BCUT2D eigenvalue weighted by Gasteiger charge is 2.45. The number of nitrogens with zero attached hydrogens (tertiary/aromatic N) is 1. The van der Waals surface area contributed by atoms with Crippen LogP contribution in [0.3, 0.4) is 0 Å². The first-order valence-electron chi connectivity index (χ1n) is 9.58. The fourth-order valence-electron chi connectivity index (χ4n) is 4.89. The summed E-state index contributed by atoms with van der Waals surface area (Å²) in [6.45, 7) is 2.22. The zero-order valence-electron chi connectivity index (χ0n) is 15.7. The number of aromatic hydroxyl groups is 1. The summed E-state index contributed by atoms with van der Waals surface area (Å²) in [6.07, 6.45) is 5.39. The van der Waals surface area contributed by atoms with E-state index in [9.17, 15) is 14.7 Å². The number of ether oxygens (including phenoxy) is 1. The molecule has 2 aliphatic rings. The highest BCUT2D eigenvalue weighted by atomic mass is 16.5. The first-order valence-corrected chi connectivity index (χ1v) is 9.58. The fraction of sp³-hybridized carbons (Fsp3) is 0.524. The molecular weight excluding hydrogens is 346 g/mol. The zero-order chi connectivity index (χ0) is 19.1. The third-order valence-electron chi connectivity index (χ3n) is 6.27. The number of hydrogen-bond acceptors (Lipinski definition) is 6. The molecule has 1 saturated carbocycles. The van der Waals surface area contributed by atoms with Crippen LogP contribution in [0.2, 0.25) is 0 Å². The number of methoxy groups -OCH3 is 1. The number of likely N-dealkylation sites (tertiary alicyclic amines) is 1. The Bertz CT molecular complexity index is 934. The van der Waals surface area contributed by atoms with Crippen LogP contribution in [0.15, 0.2) is 27.4 Å². The molecule has 1 saturated heterocycles. The molecule has 0 bridgehead atoms. The Hall–Kier alpha value is -2.34. The molecule has 1 aliphatic carbocycles. The van der Waals surface area contributed by atoms with Crippen molar-refractivity contribution in [1.82, 2.24) is 4.90 Å². The Labute approximate surface area is 157 Å². The predicted molar refractivity (Wildman–Crippen MR) is 101 cm³/mol. The number of fused-ring (bicyclic) bond motifs is 2. The first kappa shape index (κ1) is 18.0. The van der Waals surface area contributed by atoms with Gasteiger partial charge >= 0.3 is 11.6 Å². The summed E-state index contributed by atoms with van der Waals surface area (Å²) in [4.78, 5) is 26.8. The van der Waals surface area contributed by atoms with Crippen LogP contribution in [-0.2, 0) is 16.1 Å². The average molecular weight is 371 g/mol. The highest BCUT2D eigenvalue weighted by molar-refractivity contribution is 5.85. The molecule has 0 unspecified atom stereocenters. The summed E-state index contributed by atoms with van der Waals surface area (Å²) in [5.41, 5.74) is 1.34. The van der Waals surface area contributed by atoms with Crippen molar-refractivity contribution in [2.75, 3.05) is 7.11 Å². The summed E-state index contributed by atoms with van der Waals surface area (Å²) in [5, 5.41) is 10.7. The van der Waals surface area contributed by atoms with Crippen LogP contribution in [0.5, 0.6) is 5.75 Å². The molecule has 0 amide bonds. The van der Waals surface area contributed by atoms with Gasteiger partial charge in [0.05, 0.1) is 7.11 Å². The van der Waals surface area contributed by atoms with E-state index in [0.717, 1.165) is 36.6 Å². The van der Waals surface area contributed by atoms with Crippen molar-refractivity contribution in [3.05, 3.63) is 39.7 Å². The molecule has 4 rings (SSSR count). The Kier molecular flexibility index (Phi) is 4.68. The third-order valence-corrected chi connectivity index (χ3v) is 6.27. The van der Waals surface area contributed by atoms with Crippen LogP contribution in [-0.4, -0.2) is 35.2 Å². The van der Waals surface area contributed by atoms with Gasteiger partial charge in [-0.1, -0.05) is 12.8 Å². The lowest BCUT2D eigenvalue weighted by atomic mass is 9.84. The smallest absolute Gasteiger partial charge is 0.336 e. The molecule has 2 aromatic rings. The van der Waals surface area contributed by atoms with Crippen LogP contribution in [0.1, 0.15) is 43.2 Å². The summed E-state index contributed by atoms with van der Waals surface area (Å²) < 4.78 is 10.4. The molecular formula is C21H25NO5. The van der Waals surface area contributed by atoms with Crippen LogP contribution in [0, 0.1) is 12.8 Å². The monoisotopic (exact) mass is 371 g/mol. The molecule has 1 aromatic heterocycles. The molecule has 6 heteroatoms. The molecule has 2 fully saturated rings. The topological polar surface area (TPSA) is 80.0 Å². The Morgan fingerprint density at radius 3 is 2.89 bits per heavy atom. The van der Waals surface area contributed by atoms with Crippen LogP contribution < -0.4 is 5.63 Å². The van der Waals surface area contributed by atoms with Crippen molar-refractivity contribution >= 4 is 16.9 Å². The van der Waals surface area contributed by atoms with Gasteiger partial charge < -0.3 is 14.3 Å². The van der Waals surface area contributed by atoms with E-state index in [0.29, 0.717) is 29.7 Å². The van der Waals surface area contributed by atoms with E-state index in [1.54, 1.807) is 19.1 Å². The van der Waals surface area contributed by atoms with Gasteiger partial charge in [-0.05, 0) is 49.8 Å². The van der Waals surface area contributed by atoms with Crippen LogP contribution in [0.25, 0.3) is 11.0 Å². The van der Waals surface area contributed by atoms with Gasteiger partial charge in [0, 0.05) is 29.6 Å². The second-order valence-corrected chi connectivity index (χ2v) is 7.74. The Balaban J connectivity index is 1.76. The van der Waals surface area contributed by atoms with Gasteiger partial charge in [0.25, 0.3) is 0 Å².